The fourth-order valence-electron chi connectivity index (χ4n) is 4.77. The zero-order valence-corrected chi connectivity index (χ0v) is 25.1. The Morgan fingerprint density at radius 1 is 1.15 bits per heavy atom. The molecule has 3 heterocycles. The van der Waals surface area contributed by atoms with Crippen LogP contribution in [0.3, 0.4) is 0 Å². The number of halogens is 1. The summed E-state index contributed by atoms with van der Waals surface area (Å²) in [6.07, 6.45) is 4.56. The Labute approximate surface area is 242 Å². The van der Waals surface area contributed by atoms with E-state index in [-0.39, 0.29) is 11.3 Å². The van der Waals surface area contributed by atoms with Gasteiger partial charge in [-0.25, -0.2) is 15.0 Å². The highest BCUT2D eigenvalue weighted by atomic mass is 35.5. The molecule has 0 bridgehead atoms. The van der Waals surface area contributed by atoms with Crippen LogP contribution in [0.4, 0.5) is 10.7 Å². The van der Waals surface area contributed by atoms with Crippen LogP contribution in [0.1, 0.15) is 65.1 Å². The van der Waals surface area contributed by atoms with E-state index in [0.717, 1.165) is 36.2 Å². The first-order valence-electron chi connectivity index (χ1n) is 12.9. The van der Waals surface area contributed by atoms with E-state index < -0.39 is 0 Å². The molecule has 1 N–H and O–H groups in total. The van der Waals surface area contributed by atoms with Gasteiger partial charge in [-0.2, -0.15) is 0 Å². The second-order valence-electron chi connectivity index (χ2n) is 10.9. The molecule has 1 atom stereocenters. The zero-order chi connectivity index (χ0) is 27.7. The summed E-state index contributed by atoms with van der Waals surface area (Å²) in [6, 6.07) is 12.8. The van der Waals surface area contributed by atoms with Crippen molar-refractivity contribution in [3.63, 3.8) is 0 Å². The van der Waals surface area contributed by atoms with Crippen LogP contribution < -0.4 is 5.32 Å². The number of furan rings is 1. The second-order valence-corrected chi connectivity index (χ2v) is 13.4. The van der Waals surface area contributed by atoms with Gasteiger partial charge in [-0.1, -0.05) is 32.4 Å². The number of carbonyl (C=O) groups excluding carboxylic acids is 1. The van der Waals surface area contributed by atoms with E-state index in [0.29, 0.717) is 43.2 Å². The minimum atomic E-state index is -0.154. The summed E-state index contributed by atoms with van der Waals surface area (Å²) in [7, 11) is 0. The first kappa shape index (κ1) is 27.6. The van der Waals surface area contributed by atoms with Crippen LogP contribution in [-0.2, 0) is 12.8 Å². The highest BCUT2D eigenvalue weighted by molar-refractivity contribution is 7.99. The molecule has 0 radical (unpaired) electrons. The van der Waals surface area contributed by atoms with Crippen molar-refractivity contribution >= 4 is 57.5 Å². The maximum Gasteiger partial charge on any atom is 0.259 e. The number of hydrogen-bond acceptors (Lipinski definition) is 7. The Kier molecular flexibility index (Phi) is 7.99. The molecule has 0 spiro atoms. The molecule has 202 valence electrons. The molecule has 3 aromatic heterocycles. The lowest BCUT2D eigenvalue weighted by Crippen LogP contribution is -2.27. The van der Waals surface area contributed by atoms with Crippen molar-refractivity contribution in [2.75, 3.05) is 5.32 Å². The van der Waals surface area contributed by atoms with Gasteiger partial charge in [-0.3, -0.25) is 4.79 Å². The van der Waals surface area contributed by atoms with E-state index in [9.17, 15) is 4.79 Å². The first-order valence-corrected chi connectivity index (χ1v) is 14.9. The van der Waals surface area contributed by atoms with Crippen molar-refractivity contribution in [2.24, 2.45) is 16.3 Å². The Balaban J connectivity index is 1.42. The monoisotopic (exact) mass is 578 g/mol. The van der Waals surface area contributed by atoms with Gasteiger partial charge in [0.25, 0.3) is 5.91 Å². The van der Waals surface area contributed by atoms with Gasteiger partial charge in [-0.05, 0) is 104 Å². The lowest BCUT2D eigenvalue weighted by molar-refractivity contribution is 0.102. The van der Waals surface area contributed by atoms with Gasteiger partial charge in [-0.15, -0.1) is 11.3 Å². The number of aliphatic imine (C=N–C) groups is 1. The molecule has 0 unspecified atom stereocenters. The third-order valence-electron chi connectivity index (χ3n) is 6.87. The van der Waals surface area contributed by atoms with Crippen LogP contribution in [-0.4, -0.2) is 22.1 Å². The zero-order valence-electron chi connectivity index (χ0n) is 22.7. The lowest BCUT2D eigenvalue weighted by Gasteiger charge is -2.33. The normalized spacial score (nSPS) is 15.5. The van der Waals surface area contributed by atoms with E-state index in [1.165, 1.54) is 16.6 Å². The van der Waals surface area contributed by atoms with Crippen LogP contribution in [0.5, 0.6) is 0 Å². The molecule has 4 aromatic rings. The average molecular weight is 579 g/mol. The molecule has 9 heteroatoms. The predicted octanol–water partition coefficient (Wildman–Crippen LogP) is 8.71. The molecular formula is C30H31ClN4O2S2. The molecule has 0 fully saturated rings. The molecule has 0 aliphatic heterocycles. The SMILES string of the molecule is Cc1cc(C)nc(Sc2ccc(C=Nc3sc4c(c3C(=O)Nc3ccc(Cl)cc3)CC[C@@H](C(C)(C)C)C4)o2)n1. The van der Waals surface area contributed by atoms with E-state index >= 15 is 0 Å². The molecule has 0 saturated carbocycles. The van der Waals surface area contributed by atoms with Crippen molar-refractivity contribution in [2.45, 2.75) is 64.1 Å². The van der Waals surface area contributed by atoms with Crippen LogP contribution in [0, 0.1) is 25.2 Å². The van der Waals surface area contributed by atoms with Crippen molar-refractivity contribution in [1.82, 2.24) is 9.97 Å². The van der Waals surface area contributed by atoms with Crippen LogP contribution >= 0.6 is 34.7 Å². The third kappa shape index (κ3) is 6.62. The fourth-order valence-corrected chi connectivity index (χ4v) is 7.00. The smallest absolute Gasteiger partial charge is 0.259 e. The summed E-state index contributed by atoms with van der Waals surface area (Å²) in [5.41, 5.74) is 4.50. The van der Waals surface area contributed by atoms with Crippen molar-refractivity contribution < 1.29 is 9.21 Å². The maximum atomic E-state index is 13.6. The largest absolute Gasteiger partial charge is 0.448 e. The predicted molar refractivity (Wildman–Crippen MR) is 160 cm³/mol. The number of rotatable bonds is 6. The van der Waals surface area contributed by atoms with Gasteiger partial charge in [0.05, 0.1) is 11.8 Å². The standard InChI is InChI=1S/C30H31ClN4O2S2/c1-17-14-18(2)34-29(33-17)39-25-13-11-22(37-25)16-32-28-26(27(36)35-21-9-7-20(31)8-10-21)23-12-6-19(30(3,4)5)15-24(23)38-28/h7-11,13-14,16,19H,6,12,15H2,1-5H3,(H,35,36)/t19-/m1/s1. The number of carbonyl (C=O) groups is 1. The second kappa shape index (κ2) is 11.3. The summed E-state index contributed by atoms with van der Waals surface area (Å²) in [5, 5.41) is 5.69. The quantitative estimate of drug-likeness (QED) is 0.183. The highest BCUT2D eigenvalue weighted by Crippen LogP contribution is 2.45. The number of hydrogen-bond donors (Lipinski definition) is 1. The van der Waals surface area contributed by atoms with Crippen LogP contribution in [0.25, 0.3) is 0 Å². The molecule has 39 heavy (non-hydrogen) atoms. The molecule has 1 aromatic carbocycles. The fraction of sp³-hybridized carbons (Fsp3) is 0.333. The van der Waals surface area contributed by atoms with Gasteiger partial charge in [0, 0.05) is 27.0 Å². The summed E-state index contributed by atoms with van der Waals surface area (Å²) < 4.78 is 5.99. The first-order chi connectivity index (χ1) is 18.5. The molecule has 0 saturated heterocycles. The molecule has 1 amide bonds. The molecule has 6 nitrogen and oxygen atoms in total. The lowest BCUT2D eigenvalue weighted by atomic mass is 9.72. The van der Waals surface area contributed by atoms with E-state index in [1.54, 1.807) is 41.8 Å². The Morgan fingerprint density at radius 2 is 1.87 bits per heavy atom. The van der Waals surface area contributed by atoms with Gasteiger partial charge >= 0.3 is 0 Å². The Morgan fingerprint density at radius 3 is 2.56 bits per heavy atom. The number of amides is 1. The summed E-state index contributed by atoms with van der Waals surface area (Å²) in [5.74, 6) is 1.01. The minimum absolute atomic E-state index is 0.154. The Hall–Kier alpha value is -2.94. The van der Waals surface area contributed by atoms with Crippen LogP contribution in [0.2, 0.25) is 5.02 Å². The number of nitrogens with one attached hydrogen (secondary N) is 1. The summed E-state index contributed by atoms with van der Waals surface area (Å²) in [6.45, 7) is 10.8. The van der Waals surface area contributed by atoms with Gasteiger partial charge in [0.2, 0.25) is 0 Å². The average Bonchev–Trinajstić information content (AvgIpc) is 3.46. The van der Waals surface area contributed by atoms with Crippen molar-refractivity contribution in [1.29, 1.82) is 0 Å². The number of aromatic nitrogens is 2. The van der Waals surface area contributed by atoms with E-state index in [2.05, 4.69) is 36.1 Å². The highest BCUT2D eigenvalue weighted by Gasteiger charge is 2.33. The number of nitrogens with zero attached hydrogens (tertiary/aromatic N) is 3. The van der Waals surface area contributed by atoms with E-state index in [1.807, 2.05) is 32.0 Å². The number of fused-ring (bicyclic) bond motifs is 1. The third-order valence-corrected chi connectivity index (χ3v) is 9.07. The number of aryl methyl sites for hydroxylation is 2. The Bertz CT molecular complexity index is 1510. The topological polar surface area (TPSA) is 80.4 Å². The maximum absolute atomic E-state index is 13.6. The molecule has 1 aliphatic carbocycles. The number of benzene rings is 1. The van der Waals surface area contributed by atoms with Crippen molar-refractivity contribution in [3.8, 4) is 0 Å². The van der Waals surface area contributed by atoms with Crippen molar-refractivity contribution in [3.05, 3.63) is 80.6 Å². The van der Waals surface area contributed by atoms with E-state index in [4.69, 9.17) is 21.0 Å². The van der Waals surface area contributed by atoms with Gasteiger partial charge in [0.15, 0.2) is 10.2 Å². The minimum Gasteiger partial charge on any atom is -0.448 e. The van der Waals surface area contributed by atoms with Crippen LogP contribution in [0.15, 0.2) is 62.1 Å². The molecular weight excluding hydrogens is 548 g/mol. The number of thiophene rings is 1. The summed E-state index contributed by atoms with van der Waals surface area (Å²) in [4.78, 5) is 28.5. The van der Waals surface area contributed by atoms with Gasteiger partial charge < -0.3 is 9.73 Å². The summed E-state index contributed by atoms with van der Waals surface area (Å²) >= 11 is 9.01. The molecule has 1 aliphatic rings. The molecule has 5 rings (SSSR count). The van der Waals surface area contributed by atoms with Gasteiger partial charge in [0.1, 0.15) is 10.8 Å². The number of anilines is 1.